The van der Waals surface area contributed by atoms with Crippen molar-refractivity contribution < 1.29 is 14.3 Å². The van der Waals surface area contributed by atoms with Crippen LogP contribution in [0.25, 0.3) is 0 Å². The lowest BCUT2D eigenvalue weighted by atomic mass is 10.2. The first-order valence-corrected chi connectivity index (χ1v) is 6.66. The molecule has 0 unspecified atom stereocenters. The van der Waals surface area contributed by atoms with Crippen molar-refractivity contribution in [3.05, 3.63) is 23.0 Å². The van der Waals surface area contributed by atoms with E-state index < -0.39 is 0 Å². The van der Waals surface area contributed by atoms with Gasteiger partial charge in [-0.05, 0) is 12.5 Å². The summed E-state index contributed by atoms with van der Waals surface area (Å²) in [6.07, 6.45) is 2.16. The monoisotopic (exact) mass is 301 g/mol. The molecule has 0 saturated heterocycles. The van der Waals surface area contributed by atoms with Gasteiger partial charge in [-0.2, -0.15) is 0 Å². The summed E-state index contributed by atoms with van der Waals surface area (Å²) in [5.41, 5.74) is 6.36. The number of amides is 1. The van der Waals surface area contributed by atoms with Gasteiger partial charge in [-0.3, -0.25) is 4.79 Å². The number of pyridine rings is 1. The van der Waals surface area contributed by atoms with Gasteiger partial charge in [0.25, 0.3) is 5.91 Å². The molecule has 0 aliphatic rings. The van der Waals surface area contributed by atoms with E-state index in [2.05, 4.69) is 4.98 Å². The van der Waals surface area contributed by atoms with Crippen LogP contribution < -0.4 is 5.73 Å². The minimum Gasteiger partial charge on any atom is -0.397 e. The molecule has 0 aromatic carbocycles. The Morgan fingerprint density at radius 1 is 1.35 bits per heavy atom. The van der Waals surface area contributed by atoms with E-state index in [0.717, 1.165) is 6.42 Å². The highest BCUT2D eigenvalue weighted by atomic mass is 35.5. The zero-order chi connectivity index (χ0) is 15.0. The highest BCUT2D eigenvalue weighted by Crippen LogP contribution is 2.18. The summed E-state index contributed by atoms with van der Waals surface area (Å²) in [4.78, 5) is 18.0. The van der Waals surface area contributed by atoms with Crippen molar-refractivity contribution in [3.8, 4) is 0 Å². The molecule has 1 aromatic heterocycles. The zero-order valence-corrected chi connectivity index (χ0v) is 12.5. The van der Waals surface area contributed by atoms with Crippen molar-refractivity contribution in [2.24, 2.45) is 0 Å². The van der Waals surface area contributed by atoms with Gasteiger partial charge in [-0.25, -0.2) is 4.98 Å². The number of nitrogen functional groups attached to an aromatic ring is 1. The van der Waals surface area contributed by atoms with Crippen LogP contribution in [-0.2, 0) is 9.47 Å². The number of methoxy groups -OCH3 is 2. The first-order valence-electron chi connectivity index (χ1n) is 6.28. The van der Waals surface area contributed by atoms with E-state index in [-0.39, 0.29) is 11.1 Å². The van der Waals surface area contributed by atoms with E-state index in [1.54, 1.807) is 19.1 Å². The summed E-state index contributed by atoms with van der Waals surface area (Å²) in [6.45, 7) is 2.07. The maximum Gasteiger partial charge on any atom is 0.257 e. The van der Waals surface area contributed by atoms with Gasteiger partial charge in [-0.1, -0.05) is 11.6 Å². The van der Waals surface area contributed by atoms with Crippen LogP contribution in [0.3, 0.4) is 0 Å². The minimum absolute atomic E-state index is 0.151. The maximum atomic E-state index is 12.5. The lowest BCUT2D eigenvalue weighted by molar-refractivity contribution is 0.0674. The fourth-order valence-corrected chi connectivity index (χ4v) is 1.88. The number of rotatable bonds is 8. The van der Waals surface area contributed by atoms with Crippen LogP contribution in [0.1, 0.15) is 16.8 Å². The minimum atomic E-state index is -0.206. The van der Waals surface area contributed by atoms with Gasteiger partial charge in [0.15, 0.2) is 0 Å². The van der Waals surface area contributed by atoms with E-state index in [4.69, 9.17) is 26.8 Å². The van der Waals surface area contributed by atoms with E-state index in [9.17, 15) is 4.79 Å². The van der Waals surface area contributed by atoms with E-state index in [1.807, 2.05) is 0 Å². The third-order valence-electron chi connectivity index (χ3n) is 2.72. The van der Waals surface area contributed by atoms with Crippen LogP contribution >= 0.6 is 11.6 Å². The Bertz CT molecular complexity index is 443. The molecule has 1 aromatic rings. The predicted octanol–water partition coefficient (Wildman–Crippen LogP) is 1.44. The molecule has 6 nitrogen and oxygen atoms in total. The Balaban J connectivity index is 2.82. The molecule has 0 aliphatic carbocycles. The molecule has 112 valence electrons. The van der Waals surface area contributed by atoms with E-state index in [0.29, 0.717) is 37.6 Å². The van der Waals surface area contributed by atoms with Crippen molar-refractivity contribution in [1.29, 1.82) is 0 Å². The quantitative estimate of drug-likeness (QED) is 0.581. The van der Waals surface area contributed by atoms with Crippen LogP contribution in [0.4, 0.5) is 5.69 Å². The first kappa shape index (κ1) is 16.7. The standard InChI is InChI=1S/C13H20ClN3O3/c1-19-6-3-4-17(5-7-20-2)13(18)11-8-10(15)9-16-12(11)14/h8-9H,3-7,15H2,1-2H3. The van der Waals surface area contributed by atoms with Crippen molar-refractivity contribution in [2.75, 3.05) is 46.3 Å². The second-order valence-electron chi connectivity index (χ2n) is 4.24. The summed E-state index contributed by atoms with van der Waals surface area (Å²) in [7, 11) is 3.22. The Kier molecular flexibility index (Phi) is 7.28. The molecule has 20 heavy (non-hydrogen) atoms. The molecule has 0 saturated carbocycles. The second-order valence-corrected chi connectivity index (χ2v) is 4.60. The topological polar surface area (TPSA) is 77.7 Å². The van der Waals surface area contributed by atoms with Crippen LogP contribution in [0.5, 0.6) is 0 Å². The van der Waals surface area contributed by atoms with E-state index in [1.165, 1.54) is 12.3 Å². The summed E-state index contributed by atoms with van der Waals surface area (Å²) in [5, 5.41) is 0.151. The third-order valence-corrected chi connectivity index (χ3v) is 3.02. The molecule has 0 bridgehead atoms. The highest BCUT2D eigenvalue weighted by molar-refractivity contribution is 6.32. The van der Waals surface area contributed by atoms with Crippen molar-refractivity contribution in [3.63, 3.8) is 0 Å². The molecule has 0 fully saturated rings. The average Bonchev–Trinajstić information content (AvgIpc) is 2.44. The van der Waals surface area contributed by atoms with E-state index >= 15 is 0 Å². The lowest BCUT2D eigenvalue weighted by Gasteiger charge is -2.22. The summed E-state index contributed by atoms with van der Waals surface area (Å²) in [5.74, 6) is -0.206. The summed E-state index contributed by atoms with van der Waals surface area (Å²) in [6, 6.07) is 1.54. The predicted molar refractivity (Wildman–Crippen MR) is 77.9 cm³/mol. The number of hydrogen-bond donors (Lipinski definition) is 1. The Morgan fingerprint density at radius 3 is 2.70 bits per heavy atom. The summed E-state index contributed by atoms with van der Waals surface area (Å²) >= 11 is 5.96. The number of carbonyl (C=O) groups excluding carboxylic acids is 1. The third kappa shape index (κ3) is 4.96. The summed E-state index contributed by atoms with van der Waals surface area (Å²) < 4.78 is 10.0. The Labute approximate surface area is 123 Å². The largest absolute Gasteiger partial charge is 0.397 e. The molecule has 1 rings (SSSR count). The number of aromatic nitrogens is 1. The van der Waals surface area contributed by atoms with Gasteiger partial charge >= 0.3 is 0 Å². The normalized spacial score (nSPS) is 10.6. The maximum absolute atomic E-state index is 12.5. The highest BCUT2D eigenvalue weighted by Gasteiger charge is 2.19. The van der Waals surface area contributed by atoms with Gasteiger partial charge in [0, 0.05) is 33.9 Å². The fourth-order valence-electron chi connectivity index (χ4n) is 1.70. The SMILES string of the molecule is COCCCN(CCOC)C(=O)c1cc(N)cnc1Cl. The number of ether oxygens (including phenoxy) is 2. The number of halogens is 1. The van der Waals surface area contributed by atoms with Crippen molar-refractivity contribution in [1.82, 2.24) is 9.88 Å². The van der Waals surface area contributed by atoms with Crippen LogP contribution in [0, 0.1) is 0 Å². The number of hydrogen-bond acceptors (Lipinski definition) is 5. The molecule has 1 heterocycles. The first-order chi connectivity index (χ1) is 9.60. The van der Waals surface area contributed by atoms with Gasteiger partial charge in [0.05, 0.1) is 24.1 Å². The van der Waals surface area contributed by atoms with Crippen LogP contribution in [-0.4, -0.2) is 56.3 Å². The smallest absolute Gasteiger partial charge is 0.257 e. The average molecular weight is 302 g/mol. The number of anilines is 1. The molecule has 2 N–H and O–H groups in total. The number of nitrogens with zero attached hydrogens (tertiary/aromatic N) is 2. The number of carbonyl (C=O) groups is 1. The Hall–Kier alpha value is -1.37. The van der Waals surface area contributed by atoms with Gasteiger partial charge in [0.1, 0.15) is 5.15 Å². The van der Waals surface area contributed by atoms with Crippen molar-refractivity contribution in [2.45, 2.75) is 6.42 Å². The second kappa shape index (κ2) is 8.73. The molecule has 0 radical (unpaired) electrons. The van der Waals surface area contributed by atoms with Gasteiger partial charge in [-0.15, -0.1) is 0 Å². The molecule has 0 spiro atoms. The molecular weight excluding hydrogens is 282 g/mol. The van der Waals surface area contributed by atoms with Gasteiger partial charge < -0.3 is 20.1 Å². The molecule has 0 aliphatic heterocycles. The lowest BCUT2D eigenvalue weighted by Crippen LogP contribution is -2.35. The van der Waals surface area contributed by atoms with Crippen LogP contribution in [0.15, 0.2) is 12.3 Å². The zero-order valence-electron chi connectivity index (χ0n) is 11.8. The molecule has 1 amide bonds. The Morgan fingerprint density at radius 2 is 2.05 bits per heavy atom. The fraction of sp³-hybridized carbons (Fsp3) is 0.538. The molecular formula is C13H20ClN3O3. The van der Waals surface area contributed by atoms with Gasteiger partial charge in [0.2, 0.25) is 0 Å². The van der Waals surface area contributed by atoms with Crippen molar-refractivity contribution >= 4 is 23.2 Å². The van der Waals surface area contributed by atoms with Crippen LogP contribution in [0.2, 0.25) is 5.15 Å². The number of nitrogens with two attached hydrogens (primary N) is 1. The molecule has 0 atom stereocenters. The molecule has 7 heteroatoms.